The Kier molecular flexibility index (Phi) is 10.8. The van der Waals surface area contributed by atoms with Gasteiger partial charge < -0.3 is 19.9 Å². The molecule has 0 saturated carbocycles. The van der Waals surface area contributed by atoms with Crippen LogP contribution in [-0.2, 0) is 22.6 Å². The van der Waals surface area contributed by atoms with Crippen LogP contribution in [0.15, 0.2) is 41.8 Å². The van der Waals surface area contributed by atoms with E-state index in [1.165, 1.54) is 12.1 Å². The number of amides is 3. The predicted octanol–water partition coefficient (Wildman–Crippen LogP) is 3.56. The molecular weight excluding hydrogens is 455 g/mol. The van der Waals surface area contributed by atoms with Crippen LogP contribution in [0.1, 0.15) is 30.2 Å². The summed E-state index contributed by atoms with van der Waals surface area (Å²) in [5, 5.41) is 4.93. The number of nitrogens with one attached hydrogen (secondary N) is 1. The van der Waals surface area contributed by atoms with E-state index in [1.807, 2.05) is 17.5 Å². The predicted molar refractivity (Wildman–Crippen MR) is 132 cm³/mol. The van der Waals surface area contributed by atoms with Gasteiger partial charge in [0.25, 0.3) is 0 Å². The molecule has 1 fully saturated rings. The summed E-state index contributed by atoms with van der Waals surface area (Å²) in [5.74, 6) is -0.441. The first-order valence-electron chi connectivity index (χ1n) is 11.9. The fraction of sp³-hybridized carbons (Fsp3) is 0.520. The third kappa shape index (κ3) is 8.70. The van der Waals surface area contributed by atoms with Gasteiger partial charge in [0.2, 0.25) is 5.91 Å². The van der Waals surface area contributed by atoms with E-state index in [2.05, 4.69) is 17.1 Å². The molecular formula is C25H35FN4O3S. The van der Waals surface area contributed by atoms with E-state index in [1.54, 1.807) is 33.3 Å². The summed E-state index contributed by atoms with van der Waals surface area (Å²) in [4.78, 5) is 33.0. The number of rotatable bonds is 12. The molecule has 3 amide bonds. The van der Waals surface area contributed by atoms with Gasteiger partial charge in [0, 0.05) is 44.1 Å². The maximum Gasteiger partial charge on any atom is 0.317 e. The van der Waals surface area contributed by atoms with Crippen molar-refractivity contribution in [3.05, 3.63) is 58.0 Å². The lowest BCUT2D eigenvalue weighted by atomic mass is 10.2. The molecule has 0 unspecified atom stereocenters. The molecule has 0 aliphatic carbocycles. The molecule has 0 radical (unpaired) electrons. The molecule has 1 aliphatic rings. The number of nitrogens with zero attached hydrogens (tertiary/aromatic N) is 3. The number of carbonyl (C=O) groups excluding carboxylic acids is 2. The normalized spacial score (nSPS) is 14.1. The summed E-state index contributed by atoms with van der Waals surface area (Å²) in [6.45, 7) is 7.65. The fourth-order valence-corrected chi connectivity index (χ4v) is 4.44. The lowest BCUT2D eigenvalue weighted by Gasteiger charge is -2.31. The number of hydrogen-bond donors (Lipinski definition) is 1. The largest absolute Gasteiger partial charge is 0.379 e. The molecule has 2 heterocycles. The number of unbranched alkanes of at least 4 members (excludes halogenated alkanes) is 1. The number of urea groups is 1. The SMILES string of the molecule is CCCCNC(=O)N(CCN1CCOCC1)CC(=O)N(Cc1ccc(F)cc1)Cc1cccs1. The third-order valence-corrected chi connectivity index (χ3v) is 6.64. The van der Waals surface area contributed by atoms with Gasteiger partial charge in [-0.2, -0.15) is 0 Å². The van der Waals surface area contributed by atoms with Crippen LogP contribution in [0.25, 0.3) is 0 Å². The van der Waals surface area contributed by atoms with Crippen molar-refractivity contribution in [3.8, 4) is 0 Å². The smallest absolute Gasteiger partial charge is 0.317 e. The molecule has 0 spiro atoms. The van der Waals surface area contributed by atoms with E-state index in [4.69, 9.17) is 4.74 Å². The molecule has 34 heavy (non-hydrogen) atoms. The zero-order chi connectivity index (χ0) is 24.2. The van der Waals surface area contributed by atoms with Crippen molar-refractivity contribution in [1.29, 1.82) is 0 Å². The average Bonchev–Trinajstić information content (AvgIpc) is 3.36. The van der Waals surface area contributed by atoms with E-state index in [0.717, 1.165) is 36.4 Å². The fourth-order valence-electron chi connectivity index (χ4n) is 3.72. The van der Waals surface area contributed by atoms with Gasteiger partial charge in [0.1, 0.15) is 12.4 Å². The molecule has 3 rings (SSSR count). The Balaban J connectivity index is 1.68. The number of ether oxygens (including phenoxy) is 1. The monoisotopic (exact) mass is 490 g/mol. The van der Waals surface area contributed by atoms with Gasteiger partial charge in [-0.1, -0.05) is 31.5 Å². The highest BCUT2D eigenvalue weighted by atomic mass is 32.1. The molecule has 1 N–H and O–H groups in total. The van der Waals surface area contributed by atoms with Crippen molar-refractivity contribution in [2.24, 2.45) is 0 Å². The molecule has 1 saturated heterocycles. The van der Waals surface area contributed by atoms with Crippen molar-refractivity contribution >= 4 is 23.3 Å². The van der Waals surface area contributed by atoms with Crippen LogP contribution in [0, 0.1) is 5.82 Å². The van der Waals surface area contributed by atoms with Gasteiger partial charge in [-0.15, -0.1) is 11.3 Å². The van der Waals surface area contributed by atoms with Crippen molar-refractivity contribution in [3.63, 3.8) is 0 Å². The number of carbonyl (C=O) groups is 2. The molecule has 7 nitrogen and oxygen atoms in total. The van der Waals surface area contributed by atoms with Crippen LogP contribution in [-0.4, -0.2) is 79.1 Å². The van der Waals surface area contributed by atoms with E-state index in [9.17, 15) is 14.0 Å². The Hall–Kier alpha value is -2.49. The van der Waals surface area contributed by atoms with E-state index in [0.29, 0.717) is 45.9 Å². The van der Waals surface area contributed by atoms with Gasteiger partial charge in [-0.05, 0) is 35.6 Å². The Labute approximate surface area is 205 Å². The average molecular weight is 491 g/mol. The minimum absolute atomic E-state index is 0.00509. The number of halogens is 1. The molecule has 186 valence electrons. The lowest BCUT2D eigenvalue weighted by Crippen LogP contribution is -2.50. The summed E-state index contributed by atoms with van der Waals surface area (Å²) >= 11 is 1.58. The summed E-state index contributed by atoms with van der Waals surface area (Å²) in [6, 6.07) is 9.92. The number of thiophene rings is 1. The van der Waals surface area contributed by atoms with Crippen LogP contribution in [0.2, 0.25) is 0 Å². The Bertz CT molecular complexity index is 873. The van der Waals surface area contributed by atoms with E-state index < -0.39 is 0 Å². The Morgan fingerprint density at radius 3 is 2.56 bits per heavy atom. The first kappa shape index (κ1) is 26.1. The molecule has 1 aromatic carbocycles. The highest BCUT2D eigenvalue weighted by Crippen LogP contribution is 2.16. The van der Waals surface area contributed by atoms with Gasteiger partial charge in [0.05, 0.1) is 19.8 Å². The number of morpholine rings is 1. The topological polar surface area (TPSA) is 65.1 Å². The van der Waals surface area contributed by atoms with Crippen LogP contribution in [0.3, 0.4) is 0 Å². The van der Waals surface area contributed by atoms with Gasteiger partial charge in [0.15, 0.2) is 0 Å². The first-order chi connectivity index (χ1) is 16.5. The van der Waals surface area contributed by atoms with Crippen LogP contribution < -0.4 is 5.32 Å². The molecule has 0 bridgehead atoms. The lowest BCUT2D eigenvalue weighted by molar-refractivity contribution is -0.133. The Morgan fingerprint density at radius 1 is 1.12 bits per heavy atom. The minimum atomic E-state index is -0.307. The summed E-state index contributed by atoms with van der Waals surface area (Å²) in [6.07, 6.45) is 1.88. The van der Waals surface area contributed by atoms with Crippen LogP contribution in [0.5, 0.6) is 0 Å². The zero-order valence-corrected chi connectivity index (χ0v) is 20.7. The second kappa shape index (κ2) is 14.0. The van der Waals surface area contributed by atoms with Crippen molar-refractivity contribution in [2.75, 3.05) is 52.5 Å². The van der Waals surface area contributed by atoms with Crippen molar-refractivity contribution < 1.29 is 18.7 Å². The van der Waals surface area contributed by atoms with Gasteiger partial charge in [-0.3, -0.25) is 9.69 Å². The van der Waals surface area contributed by atoms with E-state index in [-0.39, 0.29) is 24.3 Å². The number of hydrogen-bond acceptors (Lipinski definition) is 5. The van der Waals surface area contributed by atoms with Gasteiger partial charge >= 0.3 is 6.03 Å². The molecule has 1 aromatic heterocycles. The standard InChI is InChI=1S/C25H35FN4O3S/c1-2-3-10-27-25(32)29(12-11-28-13-15-33-16-14-28)20-24(31)30(19-23-5-4-17-34-23)18-21-6-8-22(26)9-7-21/h4-9,17H,2-3,10-16,18-20H2,1H3,(H,27,32). The Morgan fingerprint density at radius 2 is 1.88 bits per heavy atom. The maximum atomic E-state index is 13.4. The maximum absolute atomic E-state index is 13.4. The minimum Gasteiger partial charge on any atom is -0.379 e. The molecule has 1 aliphatic heterocycles. The molecule has 2 aromatic rings. The highest BCUT2D eigenvalue weighted by molar-refractivity contribution is 7.09. The summed E-state index contributed by atoms with van der Waals surface area (Å²) in [5.41, 5.74) is 0.846. The third-order valence-electron chi connectivity index (χ3n) is 5.78. The number of benzene rings is 1. The second-order valence-corrected chi connectivity index (χ2v) is 9.45. The molecule has 0 atom stereocenters. The zero-order valence-electron chi connectivity index (χ0n) is 19.9. The van der Waals surface area contributed by atoms with Crippen molar-refractivity contribution in [1.82, 2.24) is 20.0 Å². The van der Waals surface area contributed by atoms with Crippen LogP contribution >= 0.6 is 11.3 Å². The van der Waals surface area contributed by atoms with Crippen molar-refractivity contribution in [2.45, 2.75) is 32.9 Å². The molecule has 9 heteroatoms. The highest BCUT2D eigenvalue weighted by Gasteiger charge is 2.23. The summed E-state index contributed by atoms with van der Waals surface area (Å²) < 4.78 is 18.8. The first-order valence-corrected chi connectivity index (χ1v) is 12.8. The second-order valence-electron chi connectivity index (χ2n) is 8.42. The summed E-state index contributed by atoms with van der Waals surface area (Å²) in [7, 11) is 0. The van der Waals surface area contributed by atoms with Gasteiger partial charge in [-0.25, -0.2) is 9.18 Å². The quantitative estimate of drug-likeness (QED) is 0.462. The van der Waals surface area contributed by atoms with Crippen LogP contribution in [0.4, 0.5) is 9.18 Å². The van der Waals surface area contributed by atoms with E-state index >= 15 is 0 Å².